The lowest BCUT2D eigenvalue weighted by Crippen LogP contribution is -2.63. The molecule has 1 aromatic carbocycles. The predicted octanol–water partition coefficient (Wildman–Crippen LogP) is 0.916. The number of amides is 1. The van der Waals surface area contributed by atoms with E-state index in [1.54, 1.807) is 11.8 Å². The number of likely N-dealkylation sites (tertiary alicyclic amines) is 1. The molecule has 0 spiro atoms. The molecule has 2 unspecified atom stereocenters. The van der Waals surface area contributed by atoms with Gasteiger partial charge in [-0.3, -0.25) is 4.79 Å². The van der Waals surface area contributed by atoms with Crippen molar-refractivity contribution in [3.63, 3.8) is 0 Å². The standard InChI is InChI=1S/C14H20N2O2/c1-10(12(15)11-6-4-3-5-7-11)13(17)16-8-14(2,18)9-16/h3-7,10,12,18H,8-9,15H2,1-2H3. The van der Waals surface area contributed by atoms with Gasteiger partial charge in [-0.15, -0.1) is 0 Å². The molecule has 0 bridgehead atoms. The Morgan fingerprint density at radius 2 is 1.94 bits per heavy atom. The van der Waals surface area contributed by atoms with Crippen LogP contribution in [0.5, 0.6) is 0 Å². The van der Waals surface area contributed by atoms with Crippen LogP contribution in [0.3, 0.4) is 0 Å². The van der Waals surface area contributed by atoms with Crippen LogP contribution >= 0.6 is 0 Å². The third-order valence-corrected chi connectivity index (χ3v) is 3.49. The van der Waals surface area contributed by atoms with Crippen LogP contribution in [-0.4, -0.2) is 34.6 Å². The number of aliphatic hydroxyl groups is 1. The summed E-state index contributed by atoms with van der Waals surface area (Å²) >= 11 is 0. The van der Waals surface area contributed by atoms with Gasteiger partial charge < -0.3 is 15.7 Å². The van der Waals surface area contributed by atoms with Gasteiger partial charge in [-0.1, -0.05) is 37.3 Å². The maximum absolute atomic E-state index is 12.2. The van der Waals surface area contributed by atoms with Crippen molar-refractivity contribution in [3.05, 3.63) is 35.9 Å². The molecule has 3 N–H and O–H groups in total. The van der Waals surface area contributed by atoms with E-state index in [9.17, 15) is 9.90 Å². The molecule has 1 fully saturated rings. The van der Waals surface area contributed by atoms with Gasteiger partial charge >= 0.3 is 0 Å². The highest BCUT2D eigenvalue weighted by Crippen LogP contribution is 2.26. The zero-order chi connectivity index (χ0) is 13.3. The number of nitrogens with two attached hydrogens (primary N) is 1. The van der Waals surface area contributed by atoms with Crippen LogP contribution in [-0.2, 0) is 4.79 Å². The molecule has 1 amide bonds. The van der Waals surface area contributed by atoms with Crippen molar-refractivity contribution >= 4 is 5.91 Å². The van der Waals surface area contributed by atoms with Crippen molar-refractivity contribution < 1.29 is 9.90 Å². The number of carbonyl (C=O) groups is 1. The van der Waals surface area contributed by atoms with E-state index in [2.05, 4.69) is 0 Å². The Balaban J connectivity index is 1.99. The molecular weight excluding hydrogens is 228 g/mol. The Morgan fingerprint density at radius 3 is 2.44 bits per heavy atom. The third-order valence-electron chi connectivity index (χ3n) is 3.49. The number of hydrogen-bond acceptors (Lipinski definition) is 3. The van der Waals surface area contributed by atoms with E-state index in [4.69, 9.17) is 5.73 Å². The van der Waals surface area contributed by atoms with E-state index in [0.29, 0.717) is 13.1 Å². The quantitative estimate of drug-likeness (QED) is 0.835. The molecule has 0 aromatic heterocycles. The van der Waals surface area contributed by atoms with Gasteiger partial charge in [0.25, 0.3) is 0 Å². The fourth-order valence-electron chi connectivity index (χ4n) is 2.34. The molecule has 18 heavy (non-hydrogen) atoms. The molecule has 1 aliphatic rings. The zero-order valence-electron chi connectivity index (χ0n) is 10.8. The minimum absolute atomic E-state index is 0.0119. The molecule has 2 rings (SSSR count). The average Bonchev–Trinajstić information content (AvgIpc) is 2.34. The van der Waals surface area contributed by atoms with Crippen LogP contribution < -0.4 is 5.73 Å². The number of benzene rings is 1. The van der Waals surface area contributed by atoms with Gasteiger partial charge in [0, 0.05) is 6.04 Å². The zero-order valence-corrected chi connectivity index (χ0v) is 10.8. The first kappa shape index (κ1) is 13.1. The van der Waals surface area contributed by atoms with Crippen LogP contribution in [0.25, 0.3) is 0 Å². The summed E-state index contributed by atoms with van der Waals surface area (Å²) in [5, 5.41) is 9.64. The van der Waals surface area contributed by atoms with Gasteiger partial charge in [-0.05, 0) is 12.5 Å². The van der Waals surface area contributed by atoms with E-state index in [0.717, 1.165) is 5.56 Å². The summed E-state index contributed by atoms with van der Waals surface area (Å²) in [5.74, 6) is -0.263. The molecule has 0 saturated carbocycles. The molecule has 0 aliphatic carbocycles. The summed E-state index contributed by atoms with van der Waals surface area (Å²) in [4.78, 5) is 13.8. The Morgan fingerprint density at radius 1 is 1.39 bits per heavy atom. The summed E-state index contributed by atoms with van der Waals surface area (Å²) in [6, 6.07) is 9.32. The van der Waals surface area contributed by atoms with Crippen molar-refractivity contribution in [1.29, 1.82) is 0 Å². The second-order valence-electron chi connectivity index (χ2n) is 5.42. The van der Waals surface area contributed by atoms with E-state index in [1.165, 1.54) is 0 Å². The SMILES string of the molecule is CC(C(=O)N1CC(C)(O)C1)C(N)c1ccccc1. The first-order valence-electron chi connectivity index (χ1n) is 6.22. The minimum Gasteiger partial charge on any atom is -0.386 e. The predicted molar refractivity (Wildman–Crippen MR) is 69.7 cm³/mol. The van der Waals surface area contributed by atoms with Gasteiger partial charge in [0.15, 0.2) is 0 Å². The van der Waals surface area contributed by atoms with Crippen LogP contribution in [0.2, 0.25) is 0 Å². The first-order chi connectivity index (χ1) is 8.41. The topological polar surface area (TPSA) is 66.6 Å². The highest BCUT2D eigenvalue weighted by molar-refractivity contribution is 5.80. The molecule has 0 radical (unpaired) electrons. The molecule has 1 aliphatic heterocycles. The van der Waals surface area contributed by atoms with Crippen molar-refractivity contribution in [2.45, 2.75) is 25.5 Å². The highest BCUT2D eigenvalue weighted by atomic mass is 16.3. The summed E-state index contributed by atoms with van der Waals surface area (Å²) < 4.78 is 0. The number of nitrogens with zero attached hydrogens (tertiary/aromatic N) is 1. The molecule has 98 valence electrons. The minimum atomic E-state index is -0.730. The summed E-state index contributed by atoms with van der Waals surface area (Å²) in [6.45, 7) is 4.38. The molecule has 4 nitrogen and oxygen atoms in total. The Bertz CT molecular complexity index is 423. The van der Waals surface area contributed by atoms with Crippen LogP contribution in [0.1, 0.15) is 25.5 Å². The van der Waals surface area contributed by atoms with Gasteiger partial charge in [0.1, 0.15) is 0 Å². The number of rotatable bonds is 3. The third kappa shape index (κ3) is 2.54. The molecular formula is C14H20N2O2. The number of β-amino-alcohol motifs (C(OH)–C–C–N with tert-alkyl or cyclic N) is 1. The lowest BCUT2D eigenvalue weighted by Gasteiger charge is -2.45. The monoisotopic (exact) mass is 248 g/mol. The van der Waals surface area contributed by atoms with Gasteiger partial charge in [-0.25, -0.2) is 0 Å². The summed E-state index contributed by atoms with van der Waals surface area (Å²) in [6.07, 6.45) is 0. The maximum atomic E-state index is 12.2. The van der Waals surface area contributed by atoms with Gasteiger partial charge in [0.2, 0.25) is 5.91 Å². The molecule has 4 heteroatoms. The van der Waals surface area contributed by atoms with Crippen molar-refractivity contribution in [2.24, 2.45) is 11.7 Å². The van der Waals surface area contributed by atoms with Crippen LogP contribution in [0, 0.1) is 5.92 Å². The molecule has 1 saturated heterocycles. The smallest absolute Gasteiger partial charge is 0.227 e. The van der Waals surface area contributed by atoms with E-state index >= 15 is 0 Å². The van der Waals surface area contributed by atoms with Crippen molar-refractivity contribution in [2.75, 3.05) is 13.1 Å². The molecule has 1 heterocycles. The van der Waals surface area contributed by atoms with E-state index in [-0.39, 0.29) is 17.9 Å². The van der Waals surface area contributed by atoms with Crippen molar-refractivity contribution in [1.82, 2.24) is 4.90 Å². The Hall–Kier alpha value is -1.39. The second-order valence-corrected chi connectivity index (χ2v) is 5.42. The lowest BCUT2D eigenvalue weighted by atomic mass is 9.90. The fourth-order valence-corrected chi connectivity index (χ4v) is 2.34. The maximum Gasteiger partial charge on any atom is 0.227 e. The molecule has 2 atom stereocenters. The highest BCUT2D eigenvalue weighted by Gasteiger charge is 2.41. The lowest BCUT2D eigenvalue weighted by molar-refractivity contribution is -0.156. The Labute approximate surface area is 107 Å². The van der Waals surface area contributed by atoms with E-state index in [1.807, 2.05) is 37.3 Å². The van der Waals surface area contributed by atoms with E-state index < -0.39 is 5.60 Å². The van der Waals surface area contributed by atoms with Gasteiger partial charge in [-0.2, -0.15) is 0 Å². The molecule has 1 aromatic rings. The van der Waals surface area contributed by atoms with Crippen molar-refractivity contribution in [3.8, 4) is 0 Å². The summed E-state index contributed by atoms with van der Waals surface area (Å²) in [7, 11) is 0. The second kappa shape index (κ2) is 4.71. The fraction of sp³-hybridized carbons (Fsp3) is 0.500. The Kier molecular flexibility index (Phi) is 3.41. The number of carbonyl (C=O) groups excluding carboxylic acids is 1. The van der Waals surface area contributed by atoms with Gasteiger partial charge in [0.05, 0.1) is 24.6 Å². The normalized spacial score (nSPS) is 21.0. The summed E-state index contributed by atoms with van der Waals surface area (Å²) in [5.41, 5.74) is 6.35. The van der Waals surface area contributed by atoms with Crippen LogP contribution in [0.4, 0.5) is 0 Å². The first-order valence-corrected chi connectivity index (χ1v) is 6.22. The largest absolute Gasteiger partial charge is 0.386 e. The van der Waals surface area contributed by atoms with Crippen LogP contribution in [0.15, 0.2) is 30.3 Å². The number of hydrogen-bond donors (Lipinski definition) is 2. The average molecular weight is 248 g/mol.